The maximum absolute atomic E-state index is 13.7. The van der Waals surface area contributed by atoms with E-state index < -0.39 is 35.5 Å². The van der Waals surface area contributed by atoms with Gasteiger partial charge in [-0.25, -0.2) is 8.78 Å². The number of amides is 3. The van der Waals surface area contributed by atoms with Gasteiger partial charge in [0.15, 0.2) is 6.17 Å². The fraction of sp³-hybridized carbons (Fsp3) is 0.286. The van der Waals surface area contributed by atoms with Crippen molar-refractivity contribution in [1.82, 2.24) is 15.1 Å². The Labute approximate surface area is 182 Å². The normalized spacial score (nSPS) is 16.2. The topological polar surface area (TPSA) is 95.7 Å². The van der Waals surface area contributed by atoms with Crippen LogP contribution in [-0.4, -0.2) is 59.9 Å². The van der Waals surface area contributed by atoms with Crippen LogP contribution < -0.4 is 11.1 Å². The number of hydrogen-bond acceptors (Lipinski definition) is 4. The first-order valence-electron chi connectivity index (χ1n) is 9.63. The minimum atomic E-state index is -1.30. The SMILES string of the molecule is NCCNC(=O)C1N(C(=O)c2ccc(Cl)cc2)CCCN1C(=O)c1cc(F)cc(F)c1. The second-order valence-electron chi connectivity index (χ2n) is 6.97. The average Bonchev–Trinajstić information content (AvgIpc) is 2.75. The molecular weight excluding hydrogens is 430 g/mol. The first kappa shape index (κ1) is 22.6. The summed E-state index contributed by atoms with van der Waals surface area (Å²) in [4.78, 5) is 41.5. The van der Waals surface area contributed by atoms with Crippen molar-refractivity contribution in [1.29, 1.82) is 0 Å². The molecule has 3 N–H and O–H groups in total. The largest absolute Gasteiger partial charge is 0.351 e. The molecular formula is C21H21ClF2N4O3. The van der Waals surface area contributed by atoms with Crippen LogP contribution in [0, 0.1) is 11.6 Å². The summed E-state index contributed by atoms with van der Waals surface area (Å²) < 4.78 is 27.3. The van der Waals surface area contributed by atoms with E-state index in [1.54, 1.807) is 12.1 Å². The number of benzene rings is 2. The zero-order valence-electron chi connectivity index (χ0n) is 16.5. The van der Waals surface area contributed by atoms with Crippen LogP contribution in [0.1, 0.15) is 27.1 Å². The van der Waals surface area contributed by atoms with Gasteiger partial charge in [-0.1, -0.05) is 11.6 Å². The highest BCUT2D eigenvalue weighted by Gasteiger charge is 2.40. The third kappa shape index (κ3) is 5.18. The molecule has 0 saturated carbocycles. The molecule has 164 valence electrons. The molecule has 2 aromatic carbocycles. The van der Waals surface area contributed by atoms with Crippen molar-refractivity contribution in [2.45, 2.75) is 12.6 Å². The summed E-state index contributed by atoms with van der Waals surface area (Å²) in [5.41, 5.74) is 5.48. The van der Waals surface area contributed by atoms with Crippen molar-refractivity contribution in [2.75, 3.05) is 26.2 Å². The minimum absolute atomic E-state index is 0.127. The molecule has 2 aromatic rings. The van der Waals surface area contributed by atoms with Gasteiger partial charge in [0.1, 0.15) is 11.6 Å². The van der Waals surface area contributed by atoms with E-state index in [0.717, 1.165) is 17.0 Å². The van der Waals surface area contributed by atoms with Crippen molar-refractivity contribution < 1.29 is 23.2 Å². The smallest absolute Gasteiger partial charge is 0.263 e. The number of nitrogens with two attached hydrogens (primary N) is 1. The van der Waals surface area contributed by atoms with Crippen LogP contribution in [-0.2, 0) is 4.79 Å². The van der Waals surface area contributed by atoms with Crippen LogP contribution >= 0.6 is 11.6 Å². The maximum Gasteiger partial charge on any atom is 0.263 e. The highest BCUT2D eigenvalue weighted by atomic mass is 35.5. The van der Waals surface area contributed by atoms with Crippen molar-refractivity contribution >= 4 is 29.3 Å². The number of nitrogens with zero attached hydrogens (tertiary/aromatic N) is 2. The molecule has 7 nitrogen and oxygen atoms in total. The molecule has 0 radical (unpaired) electrons. The zero-order valence-corrected chi connectivity index (χ0v) is 17.2. The number of rotatable bonds is 5. The zero-order chi connectivity index (χ0) is 22.5. The van der Waals surface area contributed by atoms with Crippen LogP contribution in [0.3, 0.4) is 0 Å². The molecule has 1 fully saturated rings. The number of carbonyl (C=O) groups excluding carboxylic acids is 3. The van der Waals surface area contributed by atoms with Gasteiger partial charge in [-0.15, -0.1) is 0 Å². The summed E-state index contributed by atoms with van der Waals surface area (Å²) in [6, 6.07) is 8.54. The van der Waals surface area contributed by atoms with E-state index in [0.29, 0.717) is 17.5 Å². The van der Waals surface area contributed by atoms with Crippen LogP contribution in [0.5, 0.6) is 0 Å². The molecule has 0 aromatic heterocycles. The quantitative estimate of drug-likeness (QED) is 0.728. The highest BCUT2D eigenvalue weighted by Crippen LogP contribution is 2.22. The molecule has 10 heteroatoms. The second kappa shape index (κ2) is 9.84. The molecule has 1 aliphatic rings. The van der Waals surface area contributed by atoms with E-state index in [2.05, 4.69) is 5.32 Å². The summed E-state index contributed by atoms with van der Waals surface area (Å²) in [5.74, 6) is -3.69. The molecule has 3 rings (SSSR count). The third-order valence-corrected chi connectivity index (χ3v) is 5.04. The summed E-state index contributed by atoms with van der Waals surface area (Å²) >= 11 is 5.88. The Morgan fingerprint density at radius 2 is 1.52 bits per heavy atom. The van der Waals surface area contributed by atoms with Crippen molar-refractivity contribution in [3.8, 4) is 0 Å². The predicted octanol–water partition coefficient (Wildman–Crippen LogP) is 2.01. The van der Waals surface area contributed by atoms with Gasteiger partial charge in [0.05, 0.1) is 0 Å². The van der Waals surface area contributed by atoms with Crippen molar-refractivity contribution in [3.63, 3.8) is 0 Å². The number of carbonyl (C=O) groups is 3. The van der Waals surface area contributed by atoms with Gasteiger partial charge in [0.2, 0.25) is 0 Å². The Balaban J connectivity index is 1.96. The minimum Gasteiger partial charge on any atom is -0.351 e. The fourth-order valence-corrected chi connectivity index (χ4v) is 3.55. The van der Waals surface area contributed by atoms with E-state index in [9.17, 15) is 23.2 Å². The fourth-order valence-electron chi connectivity index (χ4n) is 3.42. The van der Waals surface area contributed by atoms with Crippen molar-refractivity contribution in [3.05, 3.63) is 70.2 Å². The maximum atomic E-state index is 13.7. The standard InChI is InChI=1S/C21H21ClF2N4O3/c22-15-4-2-13(3-5-15)20(30)27-8-1-9-28(19(27)18(29)26-7-6-25)21(31)14-10-16(23)12-17(24)11-14/h2-5,10-12,19H,1,6-9,25H2,(H,26,29). The lowest BCUT2D eigenvalue weighted by Crippen LogP contribution is -2.63. The van der Waals surface area contributed by atoms with Gasteiger partial charge >= 0.3 is 0 Å². The molecule has 3 amide bonds. The average molecular weight is 451 g/mol. The lowest BCUT2D eigenvalue weighted by molar-refractivity contribution is -0.132. The summed E-state index contributed by atoms with van der Waals surface area (Å²) in [6.45, 7) is 0.632. The third-order valence-electron chi connectivity index (χ3n) is 4.79. The first-order valence-corrected chi connectivity index (χ1v) is 10.0. The Bertz CT molecular complexity index is 967. The van der Waals surface area contributed by atoms with Crippen molar-refractivity contribution in [2.24, 2.45) is 5.73 Å². The number of halogens is 3. The van der Waals surface area contributed by atoms with Crippen LogP contribution in [0.25, 0.3) is 0 Å². The first-order chi connectivity index (χ1) is 14.8. The molecule has 0 bridgehead atoms. The van der Waals surface area contributed by atoms with E-state index in [4.69, 9.17) is 17.3 Å². The number of hydrogen-bond donors (Lipinski definition) is 2. The molecule has 1 saturated heterocycles. The Morgan fingerprint density at radius 3 is 2.06 bits per heavy atom. The Morgan fingerprint density at radius 1 is 0.968 bits per heavy atom. The lowest BCUT2D eigenvalue weighted by atomic mass is 10.1. The monoisotopic (exact) mass is 450 g/mol. The van der Waals surface area contributed by atoms with Crippen LogP contribution in [0.15, 0.2) is 42.5 Å². The van der Waals surface area contributed by atoms with Gasteiger partial charge in [0.25, 0.3) is 17.7 Å². The van der Waals surface area contributed by atoms with Crippen LogP contribution in [0.2, 0.25) is 5.02 Å². The highest BCUT2D eigenvalue weighted by molar-refractivity contribution is 6.30. The van der Waals surface area contributed by atoms with E-state index in [1.165, 1.54) is 17.0 Å². The molecule has 0 aliphatic carbocycles. The molecule has 1 unspecified atom stereocenters. The Kier molecular flexibility index (Phi) is 7.19. The predicted molar refractivity (Wildman–Crippen MR) is 110 cm³/mol. The molecule has 1 atom stereocenters. The summed E-state index contributed by atoms with van der Waals surface area (Å²) in [6.07, 6.45) is -0.925. The van der Waals surface area contributed by atoms with Crippen LogP contribution in [0.4, 0.5) is 8.78 Å². The molecule has 1 aliphatic heterocycles. The molecule has 1 heterocycles. The summed E-state index contributed by atoms with van der Waals surface area (Å²) in [5, 5.41) is 3.03. The van der Waals surface area contributed by atoms with Gasteiger partial charge in [-0.2, -0.15) is 0 Å². The van der Waals surface area contributed by atoms with E-state index >= 15 is 0 Å². The second-order valence-corrected chi connectivity index (χ2v) is 7.41. The van der Waals surface area contributed by atoms with E-state index in [1.807, 2.05) is 0 Å². The molecule has 31 heavy (non-hydrogen) atoms. The van der Waals surface area contributed by atoms with E-state index in [-0.39, 0.29) is 37.3 Å². The van der Waals surface area contributed by atoms with Gasteiger partial charge < -0.3 is 20.9 Å². The number of nitrogens with one attached hydrogen (secondary N) is 1. The van der Waals surface area contributed by atoms with Gasteiger partial charge in [-0.3, -0.25) is 14.4 Å². The Hall–Kier alpha value is -3.04. The van der Waals surface area contributed by atoms with Gasteiger partial charge in [-0.05, 0) is 42.8 Å². The molecule has 0 spiro atoms. The summed E-state index contributed by atoms with van der Waals surface area (Å²) in [7, 11) is 0. The lowest BCUT2D eigenvalue weighted by Gasteiger charge is -2.42. The van der Waals surface area contributed by atoms with Gasteiger partial charge in [0, 0.05) is 48.4 Å².